The molecule has 0 saturated carbocycles. The molecular formula is C39H45F3N2O3SSi. The van der Waals surface area contributed by atoms with Crippen molar-refractivity contribution in [3.05, 3.63) is 149 Å². The molecule has 0 aliphatic carbocycles. The molecule has 0 saturated heterocycles. The molecular weight excluding hydrogens is 662 g/mol. The highest BCUT2D eigenvalue weighted by atomic mass is 32.2. The van der Waals surface area contributed by atoms with Gasteiger partial charge < -0.3 is 4.43 Å². The first kappa shape index (κ1) is 37.7. The van der Waals surface area contributed by atoms with Crippen LogP contribution in [-0.2, 0) is 27.2 Å². The van der Waals surface area contributed by atoms with Crippen molar-refractivity contribution < 1.29 is 26.0 Å². The third-order valence-electron chi connectivity index (χ3n) is 8.89. The van der Waals surface area contributed by atoms with Crippen LogP contribution in [0.1, 0.15) is 48.6 Å². The quantitative estimate of drug-likeness (QED) is 0.138. The fourth-order valence-electron chi connectivity index (χ4n) is 4.82. The summed E-state index contributed by atoms with van der Waals surface area (Å²) < 4.78 is 78.5. The Morgan fingerprint density at radius 1 is 0.816 bits per heavy atom. The number of anilines is 1. The first-order chi connectivity index (χ1) is 22.8. The highest BCUT2D eigenvalue weighted by molar-refractivity contribution is 7.89. The highest BCUT2D eigenvalue weighted by Gasteiger charge is 2.38. The number of benzene rings is 4. The summed E-state index contributed by atoms with van der Waals surface area (Å²) in [6.45, 7) is 18.7. The van der Waals surface area contributed by atoms with E-state index in [0.29, 0.717) is 22.5 Å². The van der Waals surface area contributed by atoms with Crippen LogP contribution in [-0.4, -0.2) is 27.6 Å². The van der Waals surface area contributed by atoms with Crippen molar-refractivity contribution in [1.82, 2.24) is 4.31 Å². The van der Waals surface area contributed by atoms with Crippen molar-refractivity contribution in [3.63, 3.8) is 0 Å². The van der Waals surface area contributed by atoms with Crippen molar-refractivity contribution in [1.29, 1.82) is 0 Å². The van der Waals surface area contributed by atoms with Crippen LogP contribution in [0.3, 0.4) is 0 Å². The van der Waals surface area contributed by atoms with Gasteiger partial charge in [-0.25, -0.2) is 12.7 Å². The zero-order valence-electron chi connectivity index (χ0n) is 29.2. The lowest BCUT2D eigenvalue weighted by Crippen LogP contribution is -2.42. The first-order valence-electron chi connectivity index (χ1n) is 16.0. The standard InChI is InChI=1S/C39H45F3N2O3SSi/c1-29-14-18-33(19-15-29)31(3)44(35-22-20-34(21-23-35)39(40,41)42)37(26-27-47-49(7,8)38(4,5)6)43(28-32-12-10-9-11-13-32)48(45,46)36-24-16-30(2)17-25-36/h9-26H,3,27-28H2,1-2,4-8H3/b37-26-. The normalized spacial score (nSPS) is 12.9. The molecule has 10 heteroatoms. The lowest BCUT2D eigenvalue weighted by molar-refractivity contribution is -0.137. The molecule has 4 aromatic rings. The summed E-state index contributed by atoms with van der Waals surface area (Å²) in [6.07, 6.45) is -2.85. The number of hydrogen-bond acceptors (Lipinski definition) is 4. The summed E-state index contributed by atoms with van der Waals surface area (Å²) in [4.78, 5) is 1.67. The molecule has 0 unspecified atom stereocenters. The van der Waals surface area contributed by atoms with E-state index < -0.39 is 30.1 Å². The van der Waals surface area contributed by atoms with Crippen molar-refractivity contribution in [3.8, 4) is 0 Å². The monoisotopic (exact) mass is 706 g/mol. The van der Waals surface area contributed by atoms with Crippen molar-refractivity contribution in [2.75, 3.05) is 11.5 Å². The second-order valence-electron chi connectivity index (χ2n) is 13.6. The van der Waals surface area contributed by atoms with Gasteiger partial charge >= 0.3 is 6.18 Å². The zero-order chi connectivity index (χ0) is 36.2. The zero-order valence-corrected chi connectivity index (χ0v) is 31.0. The van der Waals surface area contributed by atoms with E-state index in [1.807, 2.05) is 68.4 Å². The Balaban J connectivity index is 2.02. The summed E-state index contributed by atoms with van der Waals surface area (Å²) in [7, 11) is -6.57. The summed E-state index contributed by atoms with van der Waals surface area (Å²) in [5, 5.41) is -0.128. The highest BCUT2D eigenvalue weighted by Crippen LogP contribution is 2.39. The minimum Gasteiger partial charge on any atom is -0.413 e. The number of nitrogens with zero attached hydrogens (tertiary/aromatic N) is 2. The van der Waals surface area contributed by atoms with Gasteiger partial charge in [-0.2, -0.15) is 13.2 Å². The van der Waals surface area contributed by atoms with Gasteiger partial charge in [-0.15, -0.1) is 0 Å². The molecule has 0 aliphatic heterocycles. The molecule has 4 aromatic carbocycles. The molecule has 49 heavy (non-hydrogen) atoms. The van der Waals surface area contributed by atoms with Crippen molar-refractivity contribution in [2.45, 2.75) is 70.4 Å². The van der Waals surface area contributed by atoms with E-state index in [1.54, 1.807) is 35.2 Å². The Kier molecular flexibility index (Phi) is 11.4. The molecule has 4 rings (SSSR count). The van der Waals surface area contributed by atoms with Gasteiger partial charge in [0.2, 0.25) is 0 Å². The molecule has 0 spiro atoms. The largest absolute Gasteiger partial charge is 0.416 e. The Morgan fingerprint density at radius 3 is 1.86 bits per heavy atom. The summed E-state index contributed by atoms with van der Waals surface area (Å²) >= 11 is 0. The van der Waals surface area contributed by atoms with E-state index in [9.17, 15) is 21.6 Å². The number of alkyl halides is 3. The van der Waals surface area contributed by atoms with Gasteiger partial charge in [-0.05, 0) is 85.6 Å². The van der Waals surface area contributed by atoms with Gasteiger partial charge in [-0.3, -0.25) is 4.90 Å². The van der Waals surface area contributed by atoms with E-state index >= 15 is 0 Å². The lowest BCUT2D eigenvalue weighted by atomic mass is 10.1. The number of hydrogen-bond donors (Lipinski definition) is 0. The Morgan fingerprint density at radius 2 is 1.35 bits per heavy atom. The molecule has 0 N–H and O–H groups in total. The van der Waals surface area contributed by atoms with Crippen LogP contribution in [0.5, 0.6) is 0 Å². The molecule has 0 radical (unpaired) electrons. The van der Waals surface area contributed by atoms with Crippen LogP contribution in [0.4, 0.5) is 18.9 Å². The third-order valence-corrected chi connectivity index (χ3v) is 15.2. The minimum absolute atomic E-state index is 0.0544. The Hall–Kier alpha value is -4.12. The third kappa shape index (κ3) is 9.12. The summed E-state index contributed by atoms with van der Waals surface area (Å²) in [5.41, 5.74) is 3.12. The van der Waals surface area contributed by atoms with Gasteiger partial charge in [0, 0.05) is 11.4 Å². The van der Waals surface area contributed by atoms with Gasteiger partial charge in [-0.1, -0.05) is 105 Å². The topological polar surface area (TPSA) is 49.9 Å². The maximum Gasteiger partial charge on any atom is 0.416 e. The number of sulfonamides is 1. The summed E-state index contributed by atoms with van der Waals surface area (Å²) in [6, 6.07) is 27.9. The maximum atomic E-state index is 14.8. The van der Waals surface area contributed by atoms with Crippen LogP contribution in [0.15, 0.2) is 126 Å². The molecule has 5 nitrogen and oxygen atoms in total. The van der Waals surface area contributed by atoms with Crippen LogP contribution in [0, 0.1) is 13.8 Å². The number of aryl methyl sites for hydroxylation is 2. The summed E-state index contributed by atoms with van der Waals surface area (Å²) in [5.74, 6) is 0.175. The molecule has 0 fully saturated rings. The Labute approximate surface area is 290 Å². The van der Waals surface area contributed by atoms with E-state index in [2.05, 4.69) is 40.4 Å². The average Bonchev–Trinajstić information content (AvgIpc) is 3.03. The van der Waals surface area contributed by atoms with Gasteiger partial charge in [0.15, 0.2) is 8.32 Å². The molecule has 0 bridgehead atoms. The minimum atomic E-state index is -4.55. The van der Waals surface area contributed by atoms with Gasteiger partial charge in [0.05, 0.1) is 23.6 Å². The van der Waals surface area contributed by atoms with Gasteiger partial charge in [0.1, 0.15) is 5.82 Å². The molecule has 0 amide bonds. The lowest BCUT2D eigenvalue weighted by Gasteiger charge is -2.38. The molecule has 0 aliphatic rings. The van der Waals surface area contributed by atoms with Crippen LogP contribution < -0.4 is 4.90 Å². The van der Waals surface area contributed by atoms with Crippen LogP contribution in [0.25, 0.3) is 5.70 Å². The molecule has 0 atom stereocenters. The van der Waals surface area contributed by atoms with Crippen LogP contribution in [0.2, 0.25) is 18.1 Å². The number of rotatable bonds is 12. The van der Waals surface area contributed by atoms with Crippen molar-refractivity contribution >= 4 is 29.7 Å². The van der Waals surface area contributed by atoms with E-state index in [1.165, 1.54) is 16.4 Å². The molecule has 0 heterocycles. The smallest absolute Gasteiger partial charge is 0.413 e. The molecule has 0 aromatic heterocycles. The van der Waals surface area contributed by atoms with E-state index in [-0.39, 0.29) is 28.9 Å². The van der Waals surface area contributed by atoms with Gasteiger partial charge in [0.25, 0.3) is 10.0 Å². The maximum absolute atomic E-state index is 14.8. The fourth-order valence-corrected chi connectivity index (χ4v) is 7.21. The predicted octanol–water partition coefficient (Wildman–Crippen LogP) is 10.6. The first-order valence-corrected chi connectivity index (χ1v) is 20.4. The molecule has 260 valence electrons. The fraction of sp³-hybridized carbons (Fsp3) is 0.282. The van der Waals surface area contributed by atoms with E-state index in [0.717, 1.165) is 23.3 Å². The SMILES string of the molecule is C=C(c1ccc(C)cc1)N(/C(=C\CO[Si](C)(C)C(C)(C)C)N(Cc1ccccc1)S(=O)(=O)c1ccc(C)cc1)c1ccc(C(F)(F)F)cc1. The van der Waals surface area contributed by atoms with Crippen molar-refractivity contribution in [2.24, 2.45) is 0 Å². The average molecular weight is 707 g/mol. The predicted molar refractivity (Wildman–Crippen MR) is 196 cm³/mol. The van der Waals surface area contributed by atoms with E-state index in [4.69, 9.17) is 4.43 Å². The van der Waals surface area contributed by atoms with Crippen LogP contribution >= 0.6 is 0 Å². The number of halogens is 3. The second kappa shape index (κ2) is 14.8. The second-order valence-corrected chi connectivity index (χ2v) is 20.3. The Bertz CT molecular complexity index is 1870.